The number of hydrogen-bond acceptors (Lipinski definition) is 6. The summed E-state index contributed by atoms with van der Waals surface area (Å²) in [6.45, 7) is 2.52. The van der Waals surface area contributed by atoms with Crippen LogP contribution in [0.25, 0.3) is 10.8 Å². The third-order valence-electron chi connectivity index (χ3n) is 5.69. The van der Waals surface area contributed by atoms with Gasteiger partial charge in [0.2, 0.25) is 0 Å². The first kappa shape index (κ1) is 25.9. The van der Waals surface area contributed by atoms with Crippen molar-refractivity contribution in [3.63, 3.8) is 0 Å². The second-order valence-electron chi connectivity index (χ2n) is 8.27. The van der Waals surface area contributed by atoms with E-state index in [1.807, 2.05) is 67.5 Å². The van der Waals surface area contributed by atoms with Crippen molar-refractivity contribution in [1.82, 2.24) is 4.90 Å². The summed E-state index contributed by atoms with van der Waals surface area (Å²) >= 11 is 1.57. The Morgan fingerprint density at radius 3 is 2.41 bits per heavy atom. The Balaban J connectivity index is 0.00000324. The Morgan fingerprint density at radius 2 is 1.76 bits per heavy atom. The van der Waals surface area contributed by atoms with Crippen LogP contribution in [0.15, 0.2) is 65.6 Å². The topological polar surface area (TPSA) is 59.1 Å². The average molecular weight is 501 g/mol. The van der Waals surface area contributed by atoms with Gasteiger partial charge < -0.3 is 19.3 Å². The molecule has 0 aliphatic carbocycles. The van der Waals surface area contributed by atoms with Crippen LogP contribution in [0.1, 0.15) is 17.7 Å². The molecule has 0 fully saturated rings. The highest BCUT2D eigenvalue weighted by Crippen LogP contribution is 2.49. The first-order valence-corrected chi connectivity index (χ1v) is 11.7. The molecule has 4 rings (SSSR count). The molecule has 0 radical (unpaired) electrons. The summed E-state index contributed by atoms with van der Waals surface area (Å²) < 4.78 is 11.0. The maximum absolute atomic E-state index is 13.9. The molecule has 8 heteroatoms. The maximum atomic E-state index is 13.9. The number of amides is 1. The number of ether oxygens (including phenoxy) is 2. The largest absolute Gasteiger partial charge is 0.497 e. The van der Waals surface area contributed by atoms with Gasteiger partial charge in [0.25, 0.3) is 5.91 Å². The number of esters is 1. The third kappa shape index (κ3) is 5.32. The van der Waals surface area contributed by atoms with Crippen molar-refractivity contribution >= 4 is 52.5 Å². The van der Waals surface area contributed by atoms with Crippen molar-refractivity contribution < 1.29 is 19.1 Å². The maximum Gasteiger partial charge on any atom is 0.303 e. The van der Waals surface area contributed by atoms with Crippen molar-refractivity contribution in [3.8, 4) is 5.75 Å². The number of nitrogens with zero attached hydrogens (tertiary/aromatic N) is 2. The highest BCUT2D eigenvalue weighted by atomic mass is 35.5. The number of rotatable bonds is 6. The summed E-state index contributed by atoms with van der Waals surface area (Å²) in [6, 6.07) is 19.8. The number of halogens is 1. The first-order valence-electron chi connectivity index (χ1n) is 10.8. The Hall–Kier alpha value is -2.74. The molecule has 1 aliphatic heterocycles. The summed E-state index contributed by atoms with van der Waals surface area (Å²) in [5.74, 6) is 0.0384. The number of thioether (sulfide) groups is 1. The van der Waals surface area contributed by atoms with Gasteiger partial charge >= 0.3 is 5.97 Å². The van der Waals surface area contributed by atoms with Gasteiger partial charge in [0.05, 0.1) is 18.0 Å². The molecule has 0 saturated carbocycles. The van der Waals surface area contributed by atoms with Crippen LogP contribution in [-0.2, 0) is 14.3 Å². The normalized spacial score (nSPS) is 17.7. The quantitative estimate of drug-likeness (QED) is 0.447. The molecule has 6 nitrogen and oxygen atoms in total. The summed E-state index contributed by atoms with van der Waals surface area (Å²) in [5, 5.41) is 1.77. The number of benzene rings is 3. The van der Waals surface area contributed by atoms with E-state index in [1.54, 1.807) is 23.8 Å². The molecular formula is C26H29ClN2O4S. The molecule has 3 aromatic carbocycles. The molecule has 1 aliphatic rings. The number of anilines is 1. The van der Waals surface area contributed by atoms with Crippen molar-refractivity contribution in [3.05, 3.63) is 66.2 Å². The highest BCUT2D eigenvalue weighted by molar-refractivity contribution is 8.00. The second-order valence-corrected chi connectivity index (χ2v) is 9.42. The molecule has 1 heterocycles. The molecule has 34 heavy (non-hydrogen) atoms. The van der Waals surface area contributed by atoms with E-state index >= 15 is 0 Å². The van der Waals surface area contributed by atoms with Crippen molar-refractivity contribution in [1.29, 1.82) is 0 Å². The number of carbonyl (C=O) groups excluding carboxylic acids is 2. The van der Waals surface area contributed by atoms with Gasteiger partial charge in [0.1, 0.15) is 5.75 Å². The zero-order valence-corrected chi connectivity index (χ0v) is 21.3. The zero-order chi connectivity index (χ0) is 23.5. The van der Waals surface area contributed by atoms with Crippen molar-refractivity contribution in [2.45, 2.75) is 23.2 Å². The Kier molecular flexibility index (Phi) is 8.47. The second kappa shape index (κ2) is 11.1. The molecule has 3 aromatic rings. The lowest BCUT2D eigenvalue weighted by Gasteiger charge is -2.28. The molecule has 2 atom stereocenters. The molecule has 1 amide bonds. The molecule has 0 saturated heterocycles. The van der Waals surface area contributed by atoms with Crippen LogP contribution in [0.3, 0.4) is 0 Å². The van der Waals surface area contributed by atoms with Crippen LogP contribution < -0.4 is 9.64 Å². The smallest absolute Gasteiger partial charge is 0.303 e. The lowest BCUT2D eigenvalue weighted by molar-refractivity contribution is -0.152. The fourth-order valence-corrected chi connectivity index (χ4v) is 5.47. The number of carbonyl (C=O) groups is 2. The van der Waals surface area contributed by atoms with E-state index in [0.29, 0.717) is 13.1 Å². The Bertz CT molecular complexity index is 1170. The van der Waals surface area contributed by atoms with E-state index in [9.17, 15) is 9.59 Å². The minimum atomic E-state index is -0.950. The molecular weight excluding hydrogens is 472 g/mol. The number of likely N-dealkylation sites (N-methyl/N-ethyl adjacent to an activating group) is 1. The van der Waals surface area contributed by atoms with Crippen molar-refractivity contribution in [2.24, 2.45) is 0 Å². The highest BCUT2D eigenvalue weighted by Gasteiger charge is 2.41. The van der Waals surface area contributed by atoms with Crippen molar-refractivity contribution in [2.75, 3.05) is 39.2 Å². The molecule has 0 aromatic heterocycles. The van der Waals surface area contributed by atoms with Crippen LogP contribution in [0, 0.1) is 0 Å². The summed E-state index contributed by atoms with van der Waals surface area (Å²) in [4.78, 5) is 30.8. The molecule has 180 valence electrons. The molecule has 0 bridgehead atoms. The van der Waals surface area contributed by atoms with E-state index in [2.05, 4.69) is 12.1 Å². The van der Waals surface area contributed by atoms with Gasteiger partial charge in [-0.2, -0.15) is 0 Å². The van der Waals surface area contributed by atoms with Gasteiger partial charge in [0.15, 0.2) is 6.10 Å². The minimum absolute atomic E-state index is 0. The SMILES string of the molecule is COc1ccc([C@@H]2Sc3c(ccc4ccccc34)N(CCN(C)C)C(=O)[C@@H]2OC(C)=O)cc1.Cl. The summed E-state index contributed by atoms with van der Waals surface area (Å²) in [5.41, 5.74) is 1.74. The summed E-state index contributed by atoms with van der Waals surface area (Å²) in [6.07, 6.45) is -0.950. The average Bonchev–Trinajstić information content (AvgIpc) is 2.92. The van der Waals surface area contributed by atoms with Crippen LogP contribution in [0.2, 0.25) is 0 Å². The van der Waals surface area contributed by atoms with E-state index in [1.165, 1.54) is 6.92 Å². The van der Waals surface area contributed by atoms with E-state index in [-0.39, 0.29) is 18.3 Å². The van der Waals surface area contributed by atoms with Gasteiger partial charge in [-0.3, -0.25) is 9.59 Å². The van der Waals surface area contributed by atoms with E-state index in [4.69, 9.17) is 9.47 Å². The number of hydrogen-bond donors (Lipinski definition) is 0. The molecule has 0 spiro atoms. The standard InChI is InChI=1S/C26H28N2O4S.ClH/c1-17(29)32-23-24(19-9-12-20(31-4)13-10-19)33-25-21-8-6-5-7-18(21)11-14-22(25)28(26(23)30)16-15-27(2)3;/h5-14,23-24H,15-16H2,1-4H3;1H/t23-,24+;/m1./s1. The number of methoxy groups -OCH3 is 1. The van der Waals surface area contributed by atoms with Crippen LogP contribution in [0.5, 0.6) is 5.75 Å². The minimum Gasteiger partial charge on any atom is -0.497 e. The van der Waals surface area contributed by atoms with E-state index < -0.39 is 17.3 Å². The lowest BCUT2D eigenvalue weighted by atomic mass is 10.0. The Labute approximate surface area is 210 Å². The van der Waals surface area contributed by atoms with Gasteiger partial charge in [-0.1, -0.05) is 42.5 Å². The van der Waals surface area contributed by atoms with Gasteiger partial charge in [0, 0.05) is 24.9 Å². The lowest BCUT2D eigenvalue weighted by Crippen LogP contribution is -2.45. The predicted molar refractivity (Wildman–Crippen MR) is 139 cm³/mol. The fourth-order valence-electron chi connectivity index (χ4n) is 4.02. The van der Waals surface area contributed by atoms with Crippen LogP contribution >= 0.6 is 24.2 Å². The predicted octanol–water partition coefficient (Wildman–Crippen LogP) is 4.94. The van der Waals surface area contributed by atoms with Gasteiger partial charge in [-0.15, -0.1) is 24.2 Å². The van der Waals surface area contributed by atoms with Gasteiger partial charge in [-0.25, -0.2) is 0 Å². The van der Waals surface area contributed by atoms with Gasteiger partial charge in [-0.05, 0) is 48.6 Å². The monoisotopic (exact) mass is 500 g/mol. The first-order chi connectivity index (χ1) is 15.9. The summed E-state index contributed by atoms with van der Waals surface area (Å²) in [7, 11) is 5.57. The fraction of sp³-hybridized carbons (Fsp3) is 0.308. The molecule has 0 N–H and O–H groups in total. The Morgan fingerprint density at radius 1 is 1.06 bits per heavy atom. The zero-order valence-electron chi connectivity index (χ0n) is 19.7. The molecule has 0 unspecified atom stereocenters. The third-order valence-corrected chi connectivity index (χ3v) is 7.12. The number of fused-ring (bicyclic) bond motifs is 3. The van der Waals surface area contributed by atoms with Crippen LogP contribution in [-0.4, -0.2) is 57.2 Å². The van der Waals surface area contributed by atoms with E-state index in [0.717, 1.165) is 32.7 Å². The van der Waals surface area contributed by atoms with Crippen LogP contribution in [0.4, 0.5) is 5.69 Å².